The number of hydrogen-bond donors (Lipinski definition) is 1. The third-order valence-corrected chi connectivity index (χ3v) is 3.96. The number of aromatic nitrogens is 2. The summed E-state index contributed by atoms with van der Waals surface area (Å²) in [4.78, 5) is 11.5. The van der Waals surface area contributed by atoms with E-state index in [0.717, 1.165) is 41.1 Å². The highest BCUT2D eigenvalue weighted by Crippen LogP contribution is 2.16. The van der Waals surface area contributed by atoms with E-state index in [0.29, 0.717) is 6.04 Å². The van der Waals surface area contributed by atoms with Gasteiger partial charge in [-0.1, -0.05) is 25.1 Å². The Kier molecular flexibility index (Phi) is 4.77. The molecule has 0 bridgehead atoms. The van der Waals surface area contributed by atoms with E-state index in [4.69, 9.17) is 0 Å². The van der Waals surface area contributed by atoms with Crippen molar-refractivity contribution in [3.63, 3.8) is 0 Å². The molecule has 0 amide bonds. The molecule has 1 aromatic carbocycles. The molecule has 0 N–H and O–H groups in total. The van der Waals surface area contributed by atoms with Gasteiger partial charge in [-0.2, -0.15) is 12.6 Å². The summed E-state index contributed by atoms with van der Waals surface area (Å²) in [6, 6.07) is 8.63. The molecule has 0 saturated carbocycles. The van der Waals surface area contributed by atoms with Crippen molar-refractivity contribution in [2.24, 2.45) is 0 Å². The SMILES string of the molecule is CCC(CS)N(C)Cc1nc(C)c2ccccc2n1. The van der Waals surface area contributed by atoms with Crippen LogP contribution in [-0.4, -0.2) is 33.7 Å². The summed E-state index contributed by atoms with van der Waals surface area (Å²) in [5.74, 6) is 1.75. The summed E-state index contributed by atoms with van der Waals surface area (Å²) in [6.45, 7) is 5.00. The molecule has 2 aromatic rings. The lowest BCUT2D eigenvalue weighted by atomic mass is 10.2. The molecule has 1 unspecified atom stereocenters. The minimum Gasteiger partial charge on any atom is -0.295 e. The molecule has 0 spiro atoms. The molecule has 1 heterocycles. The number of rotatable bonds is 5. The third kappa shape index (κ3) is 3.25. The number of benzene rings is 1. The van der Waals surface area contributed by atoms with Crippen LogP contribution in [-0.2, 0) is 6.54 Å². The normalized spacial score (nSPS) is 13.1. The quantitative estimate of drug-likeness (QED) is 0.850. The van der Waals surface area contributed by atoms with Crippen LogP contribution in [0.2, 0.25) is 0 Å². The van der Waals surface area contributed by atoms with Gasteiger partial charge in [-0.15, -0.1) is 0 Å². The van der Waals surface area contributed by atoms with Gasteiger partial charge in [-0.05, 0) is 26.5 Å². The Morgan fingerprint density at radius 2 is 2.00 bits per heavy atom. The summed E-state index contributed by atoms with van der Waals surface area (Å²) >= 11 is 4.40. The molecule has 0 radical (unpaired) electrons. The Labute approximate surface area is 120 Å². The Balaban J connectivity index is 2.26. The van der Waals surface area contributed by atoms with Crippen molar-refractivity contribution in [1.29, 1.82) is 0 Å². The highest BCUT2D eigenvalue weighted by molar-refractivity contribution is 7.80. The van der Waals surface area contributed by atoms with Gasteiger partial charge in [-0.25, -0.2) is 9.97 Å². The second-order valence-corrected chi connectivity index (χ2v) is 5.27. The molecule has 19 heavy (non-hydrogen) atoms. The second-order valence-electron chi connectivity index (χ2n) is 4.90. The average molecular weight is 275 g/mol. The van der Waals surface area contributed by atoms with Gasteiger partial charge in [0.25, 0.3) is 0 Å². The van der Waals surface area contributed by atoms with Crippen LogP contribution >= 0.6 is 12.6 Å². The topological polar surface area (TPSA) is 29.0 Å². The zero-order chi connectivity index (χ0) is 13.8. The Hall–Kier alpha value is -1.13. The van der Waals surface area contributed by atoms with E-state index in [1.165, 1.54) is 0 Å². The van der Waals surface area contributed by atoms with Crippen LogP contribution in [0.4, 0.5) is 0 Å². The van der Waals surface area contributed by atoms with Crippen LogP contribution in [0.3, 0.4) is 0 Å². The van der Waals surface area contributed by atoms with E-state index in [9.17, 15) is 0 Å². The molecule has 102 valence electrons. The summed E-state index contributed by atoms with van der Waals surface area (Å²) in [5.41, 5.74) is 2.07. The molecule has 1 atom stereocenters. The van der Waals surface area contributed by atoms with Gasteiger partial charge in [0.1, 0.15) is 5.82 Å². The van der Waals surface area contributed by atoms with Crippen molar-refractivity contribution in [3.05, 3.63) is 35.8 Å². The van der Waals surface area contributed by atoms with E-state index < -0.39 is 0 Å². The van der Waals surface area contributed by atoms with Crippen molar-refractivity contribution in [3.8, 4) is 0 Å². The number of thiol groups is 1. The smallest absolute Gasteiger partial charge is 0.143 e. The van der Waals surface area contributed by atoms with Crippen molar-refractivity contribution in [2.45, 2.75) is 32.9 Å². The number of para-hydroxylation sites is 1. The number of hydrogen-bond acceptors (Lipinski definition) is 4. The maximum Gasteiger partial charge on any atom is 0.143 e. The molecular weight excluding hydrogens is 254 g/mol. The molecule has 1 aromatic heterocycles. The first-order valence-electron chi connectivity index (χ1n) is 6.69. The molecule has 2 rings (SSSR count). The van der Waals surface area contributed by atoms with E-state index in [1.54, 1.807) is 0 Å². The molecule has 0 saturated heterocycles. The number of aryl methyl sites for hydroxylation is 1. The lowest BCUT2D eigenvalue weighted by molar-refractivity contribution is 0.242. The predicted molar refractivity (Wildman–Crippen MR) is 83.7 cm³/mol. The van der Waals surface area contributed by atoms with E-state index in [-0.39, 0.29) is 0 Å². The van der Waals surface area contributed by atoms with Gasteiger partial charge in [0.2, 0.25) is 0 Å². The summed E-state index contributed by atoms with van der Waals surface area (Å²) in [5, 5.41) is 1.13. The minimum absolute atomic E-state index is 0.471. The molecule has 3 nitrogen and oxygen atoms in total. The fraction of sp³-hybridized carbons (Fsp3) is 0.467. The minimum atomic E-state index is 0.471. The molecule has 0 fully saturated rings. The van der Waals surface area contributed by atoms with Crippen LogP contribution in [0.25, 0.3) is 10.9 Å². The van der Waals surface area contributed by atoms with Gasteiger partial charge >= 0.3 is 0 Å². The largest absolute Gasteiger partial charge is 0.295 e. The van der Waals surface area contributed by atoms with Crippen LogP contribution in [0.5, 0.6) is 0 Å². The monoisotopic (exact) mass is 275 g/mol. The van der Waals surface area contributed by atoms with Gasteiger partial charge in [0, 0.05) is 22.9 Å². The summed E-state index contributed by atoms with van der Waals surface area (Å²) < 4.78 is 0. The standard InChI is InChI=1S/C15H21N3S/c1-4-12(10-19)18(3)9-15-16-11(2)13-7-5-6-8-14(13)17-15/h5-8,12,19H,4,9-10H2,1-3H3. The van der Waals surface area contributed by atoms with E-state index >= 15 is 0 Å². The maximum atomic E-state index is 4.65. The van der Waals surface area contributed by atoms with E-state index in [1.807, 2.05) is 25.1 Å². The molecular formula is C15H21N3S. The van der Waals surface area contributed by atoms with E-state index in [2.05, 4.69) is 47.5 Å². The highest BCUT2D eigenvalue weighted by Gasteiger charge is 2.13. The van der Waals surface area contributed by atoms with Crippen LogP contribution in [0.1, 0.15) is 24.9 Å². The first-order valence-corrected chi connectivity index (χ1v) is 7.32. The zero-order valence-corrected chi connectivity index (χ0v) is 12.7. The van der Waals surface area contributed by atoms with Gasteiger partial charge in [-0.3, -0.25) is 4.90 Å². The Bertz CT molecular complexity index is 552. The average Bonchev–Trinajstić information content (AvgIpc) is 2.40. The zero-order valence-electron chi connectivity index (χ0n) is 11.8. The Morgan fingerprint density at radius 3 is 2.68 bits per heavy atom. The second kappa shape index (κ2) is 6.35. The molecule has 0 aliphatic rings. The lowest BCUT2D eigenvalue weighted by Gasteiger charge is -2.24. The summed E-state index contributed by atoms with van der Waals surface area (Å²) in [6.07, 6.45) is 1.09. The first kappa shape index (κ1) is 14.3. The van der Waals surface area contributed by atoms with Crippen LogP contribution in [0.15, 0.2) is 24.3 Å². The van der Waals surface area contributed by atoms with Crippen molar-refractivity contribution >= 4 is 23.5 Å². The third-order valence-electron chi connectivity index (χ3n) is 3.54. The number of fused-ring (bicyclic) bond motifs is 1. The predicted octanol–water partition coefficient (Wildman–Crippen LogP) is 3.08. The van der Waals surface area contributed by atoms with Crippen molar-refractivity contribution in [1.82, 2.24) is 14.9 Å². The van der Waals surface area contributed by atoms with Gasteiger partial charge in [0.15, 0.2) is 0 Å². The summed E-state index contributed by atoms with van der Waals surface area (Å²) in [7, 11) is 2.11. The maximum absolute atomic E-state index is 4.65. The lowest BCUT2D eigenvalue weighted by Crippen LogP contribution is -2.32. The Morgan fingerprint density at radius 1 is 1.26 bits per heavy atom. The molecule has 0 aliphatic carbocycles. The molecule has 4 heteroatoms. The van der Waals surface area contributed by atoms with Crippen LogP contribution in [0, 0.1) is 6.92 Å². The van der Waals surface area contributed by atoms with Crippen molar-refractivity contribution in [2.75, 3.05) is 12.8 Å². The van der Waals surface area contributed by atoms with Crippen LogP contribution < -0.4 is 0 Å². The first-order chi connectivity index (χ1) is 9.15. The number of nitrogens with zero attached hydrogens (tertiary/aromatic N) is 3. The fourth-order valence-electron chi connectivity index (χ4n) is 2.30. The van der Waals surface area contributed by atoms with Gasteiger partial charge in [0.05, 0.1) is 12.1 Å². The fourth-order valence-corrected chi connectivity index (χ4v) is 2.83. The van der Waals surface area contributed by atoms with Gasteiger partial charge < -0.3 is 0 Å². The van der Waals surface area contributed by atoms with Crippen molar-refractivity contribution < 1.29 is 0 Å². The highest BCUT2D eigenvalue weighted by atomic mass is 32.1. The molecule has 0 aliphatic heterocycles.